The van der Waals surface area contributed by atoms with Crippen molar-refractivity contribution in [2.24, 2.45) is 5.92 Å². The summed E-state index contributed by atoms with van der Waals surface area (Å²) in [6, 6.07) is 13.7. The van der Waals surface area contributed by atoms with Crippen molar-refractivity contribution < 1.29 is 19.1 Å². The molecule has 0 saturated heterocycles. The number of aromatic nitrogens is 1. The van der Waals surface area contributed by atoms with Gasteiger partial charge in [-0.05, 0) is 42.5 Å². The van der Waals surface area contributed by atoms with Crippen LogP contribution < -0.4 is 5.32 Å². The number of nitrogens with one attached hydrogen (secondary N) is 1. The van der Waals surface area contributed by atoms with Gasteiger partial charge in [0.2, 0.25) is 5.76 Å². The third kappa shape index (κ3) is 3.76. The van der Waals surface area contributed by atoms with Gasteiger partial charge in [-0.25, -0.2) is 4.98 Å². The normalized spacial score (nSPS) is 14.8. The van der Waals surface area contributed by atoms with Crippen molar-refractivity contribution in [3.05, 3.63) is 65.4 Å². The monoisotopic (exact) mass is 378 g/mol. The Morgan fingerprint density at radius 2 is 1.96 bits per heavy atom. The summed E-state index contributed by atoms with van der Waals surface area (Å²) in [5, 5.41) is 14.4. The van der Waals surface area contributed by atoms with Gasteiger partial charge in [0.15, 0.2) is 5.89 Å². The van der Waals surface area contributed by atoms with Gasteiger partial charge in [0.25, 0.3) is 5.91 Å². The standard InChI is InChI=1S/C22H22N2O4/c1-13-19(28-21(24-13)15-9-10-15)20(25)23-12-17(22(26)27)11-16-7-4-6-14-5-2-3-8-18(14)16/h2-8,15,17H,9-12H2,1H3,(H,23,25)(H,26,27). The van der Waals surface area contributed by atoms with Crippen molar-refractivity contribution in [1.82, 2.24) is 10.3 Å². The second-order valence-corrected chi connectivity index (χ2v) is 7.33. The van der Waals surface area contributed by atoms with E-state index in [1.807, 2.05) is 42.5 Å². The van der Waals surface area contributed by atoms with Gasteiger partial charge >= 0.3 is 5.97 Å². The molecule has 144 valence electrons. The molecule has 1 amide bonds. The van der Waals surface area contributed by atoms with Gasteiger partial charge in [0.1, 0.15) is 0 Å². The lowest BCUT2D eigenvalue weighted by atomic mass is 9.95. The summed E-state index contributed by atoms with van der Waals surface area (Å²) in [7, 11) is 0. The van der Waals surface area contributed by atoms with E-state index in [0.29, 0.717) is 23.9 Å². The summed E-state index contributed by atoms with van der Waals surface area (Å²) in [4.78, 5) is 28.6. The van der Waals surface area contributed by atoms with Crippen LogP contribution in [0.15, 0.2) is 46.9 Å². The lowest BCUT2D eigenvalue weighted by Gasteiger charge is -2.14. The molecule has 0 spiro atoms. The molecule has 1 atom stereocenters. The number of hydrogen-bond donors (Lipinski definition) is 2. The minimum Gasteiger partial charge on any atom is -0.481 e. The first-order valence-electron chi connectivity index (χ1n) is 9.48. The maximum Gasteiger partial charge on any atom is 0.308 e. The van der Waals surface area contributed by atoms with Crippen molar-refractivity contribution in [2.45, 2.75) is 32.1 Å². The second kappa shape index (κ2) is 7.46. The molecule has 2 N–H and O–H groups in total. The highest BCUT2D eigenvalue weighted by atomic mass is 16.4. The first-order valence-corrected chi connectivity index (χ1v) is 9.48. The fourth-order valence-electron chi connectivity index (χ4n) is 3.41. The van der Waals surface area contributed by atoms with Crippen LogP contribution in [0.1, 0.15) is 46.5 Å². The molecule has 1 aliphatic rings. The Labute approximate surface area is 162 Å². The van der Waals surface area contributed by atoms with Crippen molar-refractivity contribution in [1.29, 1.82) is 0 Å². The summed E-state index contributed by atoms with van der Waals surface area (Å²) in [5.74, 6) is -0.995. The van der Waals surface area contributed by atoms with Crippen LogP contribution in [0, 0.1) is 12.8 Å². The minimum absolute atomic E-state index is 0.0241. The van der Waals surface area contributed by atoms with Gasteiger partial charge in [-0.3, -0.25) is 9.59 Å². The molecule has 0 radical (unpaired) electrons. The molecule has 6 heteroatoms. The predicted octanol–water partition coefficient (Wildman–Crippen LogP) is 3.69. The zero-order valence-electron chi connectivity index (χ0n) is 15.6. The minimum atomic E-state index is -0.943. The largest absolute Gasteiger partial charge is 0.481 e. The van der Waals surface area contributed by atoms with Crippen LogP contribution in [0.2, 0.25) is 0 Å². The zero-order chi connectivity index (χ0) is 19.7. The second-order valence-electron chi connectivity index (χ2n) is 7.33. The number of carboxylic acid groups (broad SMARTS) is 1. The van der Waals surface area contributed by atoms with Crippen molar-refractivity contribution >= 4 is 22.6 Å². The first kappa shape index (κ1) is 18.2. The van der Waals surface area contributed by atoms with Gasteiger partial charge in [0.05, 0.1) is 11.6 Å². The first-order chi connectivity index (χ1) is 13.5. The molecule has 2 aromatic carbocycles. The van der Waals surface area contributed by atoms with Crippen LogP contribution in [0.25, 0.3) is 10.8 Å². The molecule has 1 saturated carbocycles. The summed E-state index contributed by atoms with van der Waals surface area (Å²) in [6.07, 6.45) is 2.40. The Kier molecular flexibility index (Phi) is 4.86. The summed E-state index contributed by atoms with van der Waals surface area (Å²) in [5.41, 5.74) is 1.49. The van der Waals surface area contributed by atoms with Crippen LogP contribution >= 0.6 is 0 Å². The molecule has 4 rings (SSSR count). The van der Waals surface area contributed by atoms with Gasteiger partial charge in [-0.2, -0.15) is 0 Å². The molecule has 1 aromatic heterocycles. The zero-order valence-corrected chi connectivity index (χ0v) is 15.6. The van der Waals surface area contributed by atoms with Crippen LogP contribution in [-0.4, -0.2) is 28.5 Å². The van der Waals surface area contributed by atoms with E-state index in [9.17, 15) is 14.7 Å². The lowest BCUT2D eigenvalue weighted by Crippen LogP contribution is -2.34. The molecule has 1 unspecified atom stereocenters. The number of carbonyl (C=O) groups excluding carboxylic acids is 1. The van der Waals surface area contributed by atoms with Crippen molar-refractivity contribution in [3.8, 4) is 0 Å². The molecule has 1 fully saturated rings. The Morgan fingerprint density at radius 3 is 2.71 bits per heavy atom. The van der Waals surface area contributed by atoms with Gasteiger partial charge in [0, 0.05) is 12.5 Å². The third-order valence-corrected chi connectivity index (χ3v) is 5.15. The Hall–Kier alpha value is -3.15. The van der Waals surface area contributed by atoms with Crippen LogP contribution in [0.3, 0.4) is 0 Å². The van der Waals surface area contributed by atoms with Crippen LogP contribution in [-0.2, 0) is 11.2 Å². The van der Waals surface area contributed by atoms with E-state index in [1.54, 1.807) is 6.92 Å². The number of aliphatic carboxylic acids is 1. The summed E-state index contributed by atoms with van der Waals surface area (Å²) < 4.78 is 5.60. The lowest BCUT2D eigenvalue weighted by molar-refractivity contribution is -0.141. The van der Waals surface area contributed by atoms with Crippen molar-refractivity contribution in [2.75, 3.05) is 6.54 Å². The third-order valence-electron chi connectivity index (χ3n) is 5.15. The fourth-order valence-corrected chi connectivity index (χ4v) is 3.41. The van der Waals surface area contributed by atoms with Crippen LogP contribution in [0.4, 0.5) is 0 Å². The number of nitrogens with zero attached hydrogens (tertiary/aromatic N) is 1. The maximum atomic E-state index is 12.5. The molecule has 1 heterocycles. The number of benzene rings is 2. The molecule has 28 heavy (non-hydrogen) atoms. The number of fused-ring (bicyclic) bond motifs is 1. The van der Waals surface area contributed by atoms with E-state index in [1.165, 1.54) is 0 Å². The highest BCUT2D eigenvalue weighted by Gasteiger charge is 2.31. The van der Waals surface area contributed by atoms with Crippen molar-refractivity contribution in [3.63, 3.8) is 0 Å². The number of aryl methyl sites for hydroxylation is 1. The average Bonchev–Trinajstić information content (AvgIpc) is 3.46. The number of rotatable bonds is 7. The number of carboxylic acids is 1. The highest BCUT2D eigenvalue weighted by molar-refractivity contribution is 5.92. The maximum absolute atomic E-state index is 12.5. The number of hydrogen-bond acceptors (Lipinski definition) is 4. The molecule has 6 nitrogen and oxygen atoms in total. The van der Waals surface area contributed by atoms with E-state index >= 15 is 0 Å². The van der Waals surface area contributed by atoms with Gasteiger partial charge < -0.3 is 14.8 Å². The van der Waals surface area contributed by atoms with E-state index in [2.05, 4.69) is 10.3 Å². The SMILES string of the molecule is Cc1nc(C2CC2)oc1C(=O)NCC(Cc1cccc2ccccc12)C(=O)O. The summed E-state index contributed by atoms with van der Waals surface area (Å²) >= 11 is 0. The molecule has 3 aromatic rings. The molecule has 0 aliphatic heterocycles. The quantitative estimate of drug-likeness (QED) is 0.654. The number of oxazole rings is 1. The number of carbonyl (C=O) groups is 2. The van der Waals surface area contributed by atoms with Gasteiger partial charge in [-0.1, -0.05) is 42.5 Å². The molecular weight excluding hydrogens is 356 g/mol. The smallest absolute Gasteiger partial charge is 0.308 e. The van der Waals surface area contributed by atoms with E-state index < -0.39 is 17.8 Å². The molecule has 1 aliphatic carbocycles. The van der Waals surface area contributed by atoms with E-state index in [4.69, 9.17) is 4.42 Å². The van der Waals surface area contributed by atoms with Crippen LogP contribution in [0.5, 0.6) is 0 Å². The predicted molar refractivity (Wildman–Crippen MR) is 104 cm³/mol. The fraction of sp³-hybridized carbons (Fsp3) is 0.318. The topological polar surface area (TPSA) is 92.4 Å². The molecular formula is C22H22N2O4. The highest BCUT2D eigenvalue weighted by Crippen LogP contribution is 2.40. The Morgan fingerprint density at radius 1 is 1.21 bits per heavy atom. The van der Waals surface area contributed by atoms with Gasteiger partial charge in [-0.15, -0.1) is 0 Å². The Bertz CT molecular complexity index is 1030. The molecule has 0 bridgehead atoms. The summed E-state index contributed by atoms with van der Waals surface area (Å²) in [6.45, 7) is 1.76. The van der Waals surface area contributed by atoms with E-state index in [0.717, 1.165) is 29.2 Å². The van der Waals surface area contributed by atoms with E-state index in [-0.39, 0.29) is 12.3 Å². The average molecular weight is 378 g/mol. The number of amides is 1. The Balaban J connectivity index is 1.46.